The molecule has 3 heterocycles. The molecule has 16 rings (SSSR count). The maximum atomic E-state index is 2.69. The van der Waals surface area contributed by atoms with Gasteiger partial charge < -0.3 is 14.7 Å². The summed E-state index contributed by atoms with van der Waals surface area (Å²) in [6, 6.07) is 97.7. The summed E-state index contributed by atoms with van der Waals surface area (Å²) in [5.74, 6) is 0. The molecule has 3 aliphatic rings. The predicted octanol–water partition coefficient (Wildman–Crippen LogP) is 22.0. The zero-order valence-corrected chi connectivity index (χ0v) is 47.2. The highest BCUT2D eigenvalue weighted by molar-refractivity contribution is 6.01. The molecule has 0 saturated heterocycles. The van der Waals surface area contributed by atoms with Crippen molar-refractivity contribution in [3.63, 3.8) is 0 Å². The van der Waals surface area contributed by atoms with E-state index >= 15 is 0 Å². The van der Waals surface area contributed by atoms with Gasteiger partial charge in [-0.1, -0.05) is 205 Å². The third-order valence-electron chi connectivity index (χ3n) is 18.8. The molecule has 82 heavy (non-hydrogen) atoms. The van der Waals surface area contributed by atoms with Crippen molar-refractivity contribution in [2.45, 2.75) is 57.8 Å². The molecule has 0 fully saturated rings. The fourth-order valence-electron chi connectivity index (χ4n) is 14.3. The average molecular weight is 1050 g/mol. The summed E-state index contributed by atoms with van der Waals surface area (Å²) in [7, 11) is 0. The first-order valence-corrected chi connectivity index (χ1v) is 29.0. The van der Waals surface area contributed by atoms with Crippen molar-refractivity contribution in [2.75, 3.05) is 14.7 Å². The Labute approximate surface area is 480 Å². The van der Waals surface area contributed by atoms with Gasteiger partial charge in [-0.05, 0) is 196 Å². The molecule has 3 heteroatoms. The Morgan fingerprint density at radius 3 is 0.780 bits per heavy atom. The van der Waals surface area contributed by atoms with Crippen LogP contribution in [0, 0.1) is 0 Å². The van der Waals surface area contributed by atoms with Crippen LogP contribution >= 0.6 is 0 Å². The van der Waals surface area contributed by atoms with Gasteiger partial charge in [0.15, 0.2) is 0 Å². The molecule has 0 amide bonds. The average Bonchev–Trinajstić information content (AvgIpc) is 0.931. The van der Waals surface area contributed by atoms with E-state index in [-0.39, 0.29) is 16.2 Å². The first-order chi connectivity index (χ1) is 39.9. The summed E-state index contributed by atoms with van der Waals surface area (Å²) < 4.78 is 0. The van der Waals surface area contributed by atoms with E-state index in [2.05, 4.69) is 317 Å². The molecule has 0 aromatic heterocycles. The number of para-hydroxylation sites is 1. The topological polar surface area (TPSA) is 9.72 Å². The van der Waals surface area contributed by atoms with Gasteiger partial charge in [-0.3, -0.25) is 0 Å². The van der Waals surface area contributed by atoms with Crippen molar-refractivity contribution in [2.24, 2.45) is 0 Å². The maximum absolute atomic E-state index is 2.69. The molecule has 0 atom stereocenters. The quantitative estimate of drug-likeness (QED) is 0.150. The Balaban J connectivity index is 0.828. The van der Waals surface area contributed by atoms with Crippen LogP contribution in [-0.4, -0.2) is 0 Å². The van der Waals surface area contributed by atoms with Gasteiger partial charge in [0.1, 0.15) is 0 Å². The van der Waals surface area contributed by atoms with Gasteiger partial charge in [-0.15, -0.1) is 0 Å². The van der Waals surface area contributed by atoms with Crippen molar-refractivity contribution in [1.82, 2.24) is 0 Å². The summed E-state index contributed by atoms with van der Waals surface area (Å²) in [5.41, 5.74) is 23.0. The smallest absolute Gasteiger partial charge is 0.0544 e. The number of hydrogen-bond donors (Lipinski definition) is 0. The highest BCUT2D eigenvalue weighted by atomic mass is 15.2. The minimum atomic E-state index is -0.349. The van der Waals surface area contributed by atoms with E-state index < -0.39 is 0 Å². The van der Waals surface area contributed by atoms with Gasteiger partial charge in [-0.25, -0.2) is 0 Å². The lowest BCUT2D eigenvalue weighted by Gasteiger charge is -2.55. The van der Waals surface area contributed by atoms with Gasteiger partial charge in [0.25, 0.3) is 0 Å². The van der Waals surface area contributed by atoms with Crippen molar-refractivity contribution < 1.29 is 0 Å². The molecule has 0 bridgehead atoms. The zero-order chi connectivity index (χ0) is 55.2. The molecule has 392 valence electrons. The lowest BCUT2D eigenvalue weighted by Crippen LogP contribution is -2.43. The van der Waals surface area contributed by atoms with Crippen molar-refractivity contribution >= 4 is 94.3 Å². The van der Waals surface area contributed by atoms with E-state index in [1.54, 1.807) is 0 Å². The molecule has 0 spiro atoms. The minimum Gasteiger partial charge on any atom is -0.310 e. The van der Waals surface area contributed by atoms with Crippen LogP contribution in [0.25, 0.3) is 65.3 Å². The maximum Gasteiger partial charge on any atom is 0.0544 e. The van der Waals surface area contributed by atoms with Gasteiger partial charge in [0, 0.05) is 50.4 Å². The number of anilines is 9. The molecule has 0 saturated carbocycles. The molecule has 0 unspecified atom stereocenters. The molecule has 3 nitrogen and oxygen atoms in total. The summed E-state index contributed by atoms with van der Waals surface area (Å²) in [6.07, 6.45) is 0. The van der Waals surface area contributed by atoms with Crippen LogP contribution in [0.15, 0.2) is 261 Å². The molecule has 13 aromatic carbocycles. The second-order valence-corrected chi connectivity index (χ2v) is 24.6. The summed E-state index contributed by atoms with van der Waals surface area (Å²) in [6.45, 7) is 14.8. The highest BCUT2D eigenvalue weighted by Crippen LogP contribution is 2.67. The van der Waals surface area contributed by atoms with E-state index in [4.69, 9.17) is 0 Å². The molecular formula is C79H61N3. The standard InChI is InChI=1S/C79H61N3/c1-77(2)68-24-15-25-69-74(68)82-75-70(77)46-60(54-26-34-62(35-27-54)80(64-38-30-50-16-7-11-20-56(50)42-64)65-39-31-51-17-8-12-21-57(51)43-65)48-72(75)79(5,6)73-49-61(47-71(76(73)82)78(69,3)4)55-28-36-63(37-29-55)81(66-40-32-52-18-9-13-22-58(52)44-66)67-41-33-53-19-10-14-23-59(53)45-67/h7-49H,1-6H3. The first-order valence-electron chi connectivity index (χ1n) is 29.0. The Hall–Kier alpha value is -9.70. The number of hydrogen-bond acceptors (Lipinski definition) is 3. The Morgan fingerprint density at radius 2 is 0.476 bits per heavy atom. The van der Waals surface area contributed by atoms with Crippen molar-refractivity contribution in [1.29, 1.82) is 0 Å². The van der Waals surface area contributed by atoms with Crippen molar-refractivity contribution in [3.05, 3.63) is 294 Å². The van der Waals surface area contributed by atoms with E-state index in [1.807, 2.05) is 0 Å². The molecule has 13 aromatic rings. The number of fused-ring (bicyclic) bond motifs is 4. The van der Waals surface area contributed by atoms with Gasteiger partial charge >= 0.3 is 0 Å². The lowest BCUT2D eigenvalue weighted by molar-refractivity contribution is 0.567. The van der Waals surface area contributed by atoms with Crippen LogP contribution in [0.3, 0.4) is 0 Å². The second-order valence-electron chi connectivity index (χ2n) is 24.6. The Kier molecular flexibility index (Phi) is 10.4. The Morgan fingerprint density at radius 1 is 0.220 bits per heavy atom. The fraction of sp³-hybridized carbons (Fsp3) is 0.114. The van der Waals surface area contributed by atoms with Gasteiger partial charge in [0.05, 0.1) is 17.1 Å². The van der Waals surface area contributed by atoms with Crippen LogP contribution in [0.5, 0.6) is 0 Å². The third-order valence-corrected chi connectivity index (χ3v) is 18.8. The summed E-state index contributed by atoms with van der Waals surface area (Å²) in [5, 5.41) is 9.81. The van der Waals surface area contributed by atoms with Crippen molar-refractivity contribution in [3.8, 4) is 22.3 Å². The summed E-state index contributed by atoms with van der Waals surface area (Å²) in [4.78, 5) is 7.50. The molecular weight excluding hydrogens is 991 g/mol. The van der Waals surface area contributed by atoms with Gasteiger partial charge in [0.2, 0.25) is 0 Å². The lowest BCUT2D eigenvalue weighted by atomic mass is 9.60. The summed E-state index contributed by atoms with van der Waals surface area (Å²) >= 11 is 0. The number of benzene rings is 13. The molecule has 0 radical (unpaired) electrons. The second kappa shape index (κ2) is 17.6. The fourth-order valence-corrected chi connectivity index (χ4v) is 14.3. The van der Waals surface area contributed by atoms with Gasteiger partial charge in [-0.2, -0.15) is 0 Å². The van der Waals surface area contributed by atoms with Crippen LogP contribution < -0.4 is 14.7 Å². The van der Waals surface area contributed by atoms with E-state index in [9.17, 15) is 0 Å². The van der Waals surface area contributed by atoms with Crippen LogP contribution in [0.1, 0.15) is 74.9 Å². The van der Waals surface area contributed by atoms with Crippen LogP contribution in [-0.2, 0) is 16.2 Å². The number of nitrogens with zero attached hydrogens (tertiary/aromatic N) is 3. The Bertz CT molecular complexity index is 4330. The third kappa shape index (κ3) is 7.22. The predicted molar refractivity (Wildman–Crippen MR) is 348 cm³/mol. The molecule has 0 aliphatic carbocycles. The van der Waals surface area contributed by atoms with Crippen LogP contribution in [0.2, 0.25) is 0 Å². The largest absolute Gasteiger partial charge is 0.310 e. The minimum absolute atomic E-state index is 0.263. The van der Waals surface area contributed by atoms with E-state index in [0.717, 1.165) is 34.1 Å². The van der Waals surface area contributed by atoms with E-state index in [0.29, 0.717) is 0 Å². The number of rotatable bonds is 8. The van der Waals surface area contributed by atoms with E-state index in [1.165, 1.54) is 116 Å². The molecule has 0 N–H and O–H groups in total. The highest BCUT2D eigenvalue weighted by Gasteiger charge is 2.52. The monoisotopic (exact) mass is 1050 g/mol. The zero-order valence-electron chi connectivity index (χ0n) is 47.2. The normalized spacial score (nSPS) is 14.7. The van der Waals surface area contributed by atoms with Crippen LogP contribution in [0.4, 0.5) is 51.2 Å². The first kappa shape index (κ1) is 48.2. The molecule has 3 aliphatic heterocycles. The SMILES string of the molecule is CC1(C)c2cccc3c2N2c4c1cc(-c1ccc(N(c5ccc6ccccc6c5)c5ccc6ccccc6c5)cc1)cc4C(C)(C)c1cc(-c4ccc(N(c5ccc6ccccc6c5)c5ccc6ccccc6c5)cc4)cc(c12)C3(C)C.